The highest BCUT2D eigenvalue weighted by Crippen LogP contribution is 2.41. The summed E-state index contributed by atoms with van der Waals surface area (Å²) in [5.41, 5.74) is 1.84. The van der Waals surface area contributed by atoms with E-state index in [1.54, 1.807) is 11.8 Å². The van der Waals surface area contributed by atoms with E-state index in [-0.39, 0.29) is 6.04 Å². The first-order valence-corrected chi connectivity index (χ1v) is 16.6. The topological polar surface area (TPSA) is 54.4 Å². The maximum atomic E-state index is 12.5. The standard InChI is InChI=1S/C34H49N3O3S/c1-36(2)31(20-17-27-11-7-5-8-12-27)30-18-15-29(16-19-30)25-32-34(22-24-41-4,40-33(38)39-3)35-26-37(32)23-21-28-13-9-6-10-14-28/h5-14,26,29-32H,15-25H2,1-4H3. The van der Waals surface area contributed by atoms with E-state index in [0.29, 0.717) is 24.3 Å². The lowest BCUT2D eigenvalue weighted by molar-refractivity contribution is -0.0587. The summed E-state index contributed by atoms with van der Waals surface area (Å²) in [6.45, 7) is 0.848. The molecule has 0 N–H and O–H groups in total. The lowest BCUT2D eigenvalue weighted by atomic mass is 9.74. The molecular weight excluding hydrogens is 530 g/mol. The van der Waals surface area contributed by atoms with Gasteiger partial charge in [-0.15, -0.1) is 0 Å². The largest absolute Gasteiger partial charge is 0.510 e. The third-order valence-corrected chi connectivity index (χ3v) is 9.78. The third-order valence-electron chi connectivity index (χ3n) is 9.17. The quantitative estimate of drug-likeness (QED) is 0.226. The van der Waals surface area contributed by atoms with Crippen molar-refractivity contribution in [2.45, 2.75) is 75.6 Å². The smallest absolute Gasteiger partial charge is 0.438 e. The van der Waals surface area contributed by atoms with Crippen LogP contribution in [0.4, 0.5) is 4.79 Å². The normalized spacial score (nSPS) is 24.9. The van der Waals surface area contributed by atoms with Gasteiger partial charge in [0.15, 0.2) is 0 Å². The maximum absolute atomic E-state index is 12.5. The Morgan fingerprint density at radius 3 is 2.24 bits per heavy atom. The molecule has 41 heavy (non-hydrogen) atoms. The van der Waals surface area contributed by atoms with Crippen molar-refractivity contribution in [3.8, 4) is 0 Å². The highest BCUT2D eigenvalue weighted by Gasteiger charge is 2.49. The van der Waals surface area contributed by atoms with Gasteiger partial charge in [-0.25, -0.2) is 9.79 Å². The van der Waals surface area contributed by atoms with E-state index in [0.717, 1.165) is 31.6 Å². The Kier molecular flexibility index (Phi) is 12.0. The zero-order valence-electron chi connectivity index (χ0n) is 25.4. The predicted molar refractivity (Wildman–Crippen MR) is 171 cm³/mol. The highest BCUT2D eigenvalue weighted by atomic mass is 32.2. The number of carbonyl (C=O) groups excluding carboxylic acids is 1. The van der Waals surface area contributed by atoms with Gasteiger partial charge in [0.1, 0.15) is 0 Å². The summed E-state index contributed by atoms with van der Waals surface area (Å²) in [6, 6.07) is 22.1. The fourth-order valence-electron chi connectivity index (χ4n) is 6.84. The van der Waals surface area contributed by atoms with Crippen molar-refractivity contribution in [1.82, 2.24) is 9.80 Å². The second-order valence-corrected chi connectivity index (χ2v) is 12.9. The van der Waals surface area contributed by atoms with Gasteiger partial charge in [0.25, 0.3) is 0 Å². The summed E-state index contributed by atoms with van der Waals surface area (Å²) < 4.78 is 11.0. The molecule has 1 fully saturated rings. The van der Waals surface area contributed by atoms with E-state index in [1.165, 1.54) is 50.3 Å². The first kappa shape index (κ1) is 31.4. The van der Waals surface area contributed by atoms with Crippen molar-refractivity contribution in [3.63, 3.8) is 0 Å². The Labute approximate surface area is 251 Å². The van der Waals surface area contributed by atoms with Crippen molar-refractivity contribution in [2.75, 3.05) is 39.8 Å². The van der Waals surface area contributed by atoms with Gasteiger partial charge >= 0.3 is 6.16 Å². The minimum Gasteiger partial charge on any atom is -0.438 e. The van der Waals surface area contributed by atoms with Gasteiger partial charge in [0.05, 0.1) is 19.5 Å². The molecule has 0 amide bonds. The monoisotopic (exact) mass is 579 g/mol. The lowest BCUT2D eigenvalue weighted by Crippen LogP contribution is -2.51. The Hall–Kier alpha value is -2.51. The minimum absolute atomic E-state index is 0.0155. The summed E-state index contributed by atoms with van der Waals surface area (Å²) in [4.78, 5) is 22.2. The maximum Gasteiger partial charge on any atom is 0.510 e. The molecule has 3 unspecified atom stereocenters. The first-order valence-electron chi connectivity index (χ1n) is 15.3. The zero-order valence-corrected chi connectivity index (χ0v) is 26.2. The second kappa shape index (κ2) is 15.6. The van der Waals surface area contributed by atoms with Crippen molar-refractivity contribution < 1.29 is 14.3 Å². The number of aliphatic imine (C=N–C) groups is 1. The third kappa shape index (κ3) is 8.74. The molecule has 1 heterocycles. The van der Waals surface area contributed by atoms with Crippen LogP contribution in [0, 0.1) is 11.8 Å². The van der Waals surface area contributed by atoms with E-state index in [9.17, 15) is 4.79 Å². The van der Waals surface area contributed by atoms with Crippen LogP contribution >= 0.6 is 11.8 Å². The molecule has 0 spiro atoms. The molecule has 0 radical (unpaired) electrons. The van der Waals surface area contributed by atoms with Crippen LogP contribution < -0.4 is 0 Å². The van der Waals surface area contributed by atoms with E-state index < -0.39 is 11.9 Å². The molecule has 2 aliphatic rings. The van der Waals surface area contributed by atoms with E-state index in [1.807, 2.05) is 6.34 Å². The van der Waals surface area contributed by atoms with Crippen LogP contribution in [0.1, 0.15) is 56.1 Å². The molecule has 2 aromatic carbocycles. The Morgan fingerprint density at radius 1 is 1.02 bits per heavy atom. The van der Waals surface area contributed by atoms with Gasteiger partial charge in [0.2, 0.25) is 5.72 Å². The van der Waals surface area contributed by atoms with E-state index in [2.05, 4.69) is 90.8 Å². The van der Waals surface area contributed by atoms with Gasteiger partial charge in [0, 0.05) is 19.0 Å². The molecule has 0 aromatic heterocycles. The molecule has 2 aromatic rings. The van der Waals surface area contributed by atoms with Gasteiger partial charge < -0.3 is 19.3 Å². The Bertz CT molecular complexity index is 1080. The van der Waals surface area contributed by atoms with Crippen LogP contribution in [0.25, 0.3) is 0 Å². The Morgan fingerprint density at radius 2 is 1.66 bits per heavy atom. The molecule has 7 heteroatoms. The molecule has 4 rings (SSSR count). The molecular formula is C34H49N3O3S. The lowest BCUT2D eigenvalue weighted by Gasteiger charge is -2.41. The molecule has 1 saturated carbocycles. The van der Waals surface area contributed by atoms with Crippen LogP contribution in [-0.4, -0.2) is 79.9 Å². The van der Waals surface area contributed by atoms with Gasteiger partial charge in [-0.05, 0) is 87.6 Å². The average Bonchev–Trinajstić information content (AvgIpc) is 3.32. The molecule has 6 nitrogen and oxygen atoms in total. The molecule has 3 atom stereocenters. The number of hydrogen-bond donors (Lipinski definition) is 0. The van der Waals surface area contributed by atoms with Crippen LogP contribution in [0.15, 0.2) is 65.7 Å². The number of thioether (sulfide) groups is 1. The summed E-state index contributed by atoms with van der Waals surface area (Å²) in [6.07, 6.45) is 13.2. The van der Waals surface area contributed by atoms with E-state index in [4.69, 9.17) is 14.5 Å². The number of carbonyl (C=O) groups is 1. The number of rotatable bonds is 14. The SMILES string of the molecule is COC(=O)OC1(CCSC)N=CN(CCc2ccccc2)C1CC1CCC(C(CCc2ccccc2)N(C)C)CC1. The minimum atomic E-state index is -0.897. The van der Waals surface area contributed by atoms with Gasteiger partial charge in [-0.1, -0.05) is 73.5 Å². The van der Waals surface area contributed by atoms with Crippen molar-refractivity contribution in [2.24, 2.45) is 16.8 Å². The molecule has 1 aliphatic carbocycles. The molecule has 224 valence electrons. The molecule has 1 aliphatic heterocycles. The van der Waals surface area contributed by atoms with Crippen molar-refractivity contribution in [3.05, 3.63) is 71.8 Å². The highest BCUT2D eigenvalue weighted by molar-refractivity contribution is 7.98. The summed E-state index contributed by atoms with van der Waals surface area (Å²) in [5.74, 6) is 2.17. The van der Waals surface area contributed by atoms with Crippen LogP contribution in [0.2, 0.25) is 0 Å². The number of hydrogen-bond acceptors (Lipinski definition) is 7. The van der Waals surface area contributed by atoms with Crippen LogP contribution in [0.5, 0.6) is 0 Å². The number of nitrogens with zero attached hydrogens (tertiary/aromatic N) is 3. The number of ether oxygens (including phenoxy) is 2. The van der Waals surface area contributed by atoms with Gasteiger partial charge in [-0.2, -0.15) is 11.8 Å². The zero-order chi connectivity index (χ0) is 29.1. The van der Waals surface area contributed by atoms with Crippen molar-refractivity contribution in [1.29, 1.82) is 0 Å². The number of aryl methyl sites for hydroxylation is 1. The number of benzene rings is 2. The van der Waals surface area contributed by atoms with Crippen molar-refractivity contribution >= 4 is 24.3 Å². The average molecular weight is 580 g/mol. The summed E-state index contributed by atoms with van der Waals surface area (Å²) in [7, 11) is 5.87. The molecule has 0 saturated heterocycles. The summed E-state index contributed by atoms with van der Waals surface area (Å²) in [5, 5.41) is 0. The Balaban J connectivity index is 1.43. The fraction of sp³-hybridized carbons (Fsp3) is 0.588. The van der Waals surface area contributed by atoms with E-state index >= 15 is 0 Å². The van der Waals surface area contributed by atoms with Gasteiger partial charge in [-0.3, -0.25) is 0 Å². The number of methoxy groups -OCH3 is 1. The first-order chi connectivity index (χ1) is 19.9. The predicted octanol–water partition coefficient (Wildman–Crippen LogP) is 6.93. The van der Waals surface area contributed by atoms with Crippen LogP contribution in [0.3, 0.4) is 0 Å². The second-order valence-electron chi connectivity index (χ2n) is 11.9. The fourth-order valence-corrected chi connectivity index (χ4v) is 7.34. The molecule has 0 bridgehead atoms. The summed E-state index contributed by atoms with van der Waals surface area (Å²) >= 11 is 1.76. The van der Waals surface area contributed by atoms with Crippen LogP contribution in [-0.2, 0) is 22.3 Å².